The number of anilines is 1. The highest BCUT2D eigenvalue weighted by atomic mass is 15.3. The summed E-state index contributed by atoms with van der Waals surface area (Å²) in [5, 5.41) is 3.77. The van der Waals surface area contributed by atoms with Crippen LogP contribution < -0.4 is 10.2 Å². The predicted molar refractivity (Wildman–Crippen MR) is 88.6 cm³/mol. The van der Waals surface area contributed by atoms with E-state index in [2.05, 4.69) is 62.2 Å². The smallest absolute Gasteiger partial charge is 0.0387 e. The molecule has 0 spiro atoms. The van der Waals surface area contributed by atoms with E-state index in [0.29, 0.717) is 6.04 Å². The lowest BCUT2D eigenvalue weighted by Gasteiger charge is -2.47. The Morgan fingerprint density at radius 2 is 1.80 bits per heavy atom. The molecule has 0 aromatic heterocycles. The molecule has 1 N–H and O–H groups in total. The summed E-state index contributed by atoms with van der Waals surface area (Å²) >= 11 is 0. The van der Waals surface area contributed by atoms with Crippen molar-refractivity contribution in [1.82, 2.24) is 5.32 Å². The average molecular weight is 274 g/mol. The lowest BCUT2D eigenvalue weighted by Crippen LogP contribution is -2.63. The number of aryl methyl sites for hydroxylation is 1. The monoisotopic (exact) mass is 274 g/mol. The third kappa shape index (κ3) is 3.17. The van der Waals surface area contributed by atoms with Gasteiger partial charge in [-0.05, 0) is 43.9 Å². The second-order valence-electron chi connectivity index (χ2n) is 6.26. The second-order valence-corrected chi connectivity index (χ2v) is 6.26. The molecule has 0 aliphatic carbocycles. The molecule has 1 heterocycles. The van der Waals surface area contributed by atoms with Gasteiger partial charge in [-0.1, -0.05) is 39.3 Å². The highest BCUT2D eigenvalue weighted by molar-refractivity contribution is 5.50. The Balaban J connectivity index is 2.16. The number of benzene rings is 1. The van der Waals surface area contributed by atoms with E-state index in [1.807, 2.05) is 0 Å². The average Bonchev–Trinajstić information content (AvgIpc) is 2.50. The molecule has 1 fully saturated rings. The van der Waals surface area contributed by atoms with Crippen LogP contribution in [0.5, 0.6) is 0 Å². The van der Waals surface area contributed by atoms with Crippen LogP contribution in [0.4, 0.5) is 5.69 Å². The first kappa shape index (κ1) is 15.4. The highest BCUT2D eigenvalue weighted by Gasteiger charge is 2.35. The van der Waals surface area contributed by atoms with Gasteiger partial charge in [0.2, 0.25) is 0 Å². The van der Waals surface area contributed by atoms with Crippen molar-refractivity contribution in [2.75, 3.05) is 18.0 Å². The summed E-state index contributed by atoms with van der Waals surface area (Å²) in [6.45, 7) is 11.4. The molecule has 1 saturated heterocycles. The van der Waals surface area contributed by atoms with Gasteiger partial charge in [0.1, 0.15) is 0 Å². The van der Waals surface area contributed by atoms with Crippen molar-refractivity contribution in [3.63, 3.8) is 0 Å². The normalized spacial score (nSPS) is 22.0. The summed E-state index contributed by atoms with van der Waals surface area (Å²) in [7, 11) is 0. The lowest BCUT2D eigenvalue weighted by atomic mass is 9.88. The summed E-state index contributed by atoms with van der Waals surface area (Å²) in [4.78, 5) is 2.58. The Hall–Kier alpha value is -1.02. The molecule has 1 atom stereocenters. The van der Waals surface area contributed by atoms with Gasteiger partial charge in [-0.15, -0.1) is 0 Å². The number of rotatable bonds is 5. The van der Waals surface area contributed by atoms with Gasteiger partial charge in [0.05, 0.1) is 0 Å². The van der Waals surface area contributed by atoms with Crippen molar-refractivity contribution in [2.45, 2.75) is 65.0 Å². The largest absolute Gasteiger partial charge is 0.366 e. The van der Waals surface area contributed by atoms with Crippen LogP contribution in [0.15, 0.2) is 24.3 Å². The standard InChI is InChI=1S/C18H30N2/c1-5-8-16-9-11-17(12-10-16)20-14-18(6-2,7-3)19-13-15(20)4/h9-12,15,19H,5-8,13-14H2,1-4H3. The minimum atomic E-state index is 0.286. The summed E-state index contributed by atoms with van der Waals surface area (Å²) in [6, 6.07) is 9.78. The van der Waals surface area contributed by atoms with Gasteiger partial charge in [0.25, 0.3) is 0 Å². The molecule has 1 aliphatic heterocycles. The predicted octanol–water partition coefficient (Wildman–Crippen LogP) is 4.00. The van der Waals surface area contributed by atoms with Gasteiger partial charge < -0.3 is 10.2 Å². The van der Waals surface area contributed by atoms with Crippen molar-refractivity contribution in [3.8, 4) is 0 Å². The number of piperazine rings is 1. The van der Waals surface area contributed by atoms with E-state index in [4.69, 9.17) is 0 Å². The van der Waals surface area contributed by atoms with Crippen LogP contribution in [0.1, 0.15) is 52.5 Å². The van der Waals surface area contributed by atoms with Crippen molar-refractivity contribution >= 4 is 5.69 Å². The molecule has 20 heavy (non-hydrogen) atoms. The van der Waals surface area contributed by atoms with E-state index < -0.39 is 0 Å². The van der Waals surface area contributed by atoms with E-state index in [1.165, 1.54) is 36.9 Å². The maximum atomic E-state index is 3.77. The van der Waals surface area contributed by atoms with Crippen LogP contribution in [-0.2, 0) is 6.42 Å². The first-order valence-electron chi connectivity index (χ1n) is 8.24. The van der Waals surface area contributed by atoms with Crippen LogP contribution in [0.3, 0.4) is 0 Å². The zero-order valence-electron chi connectivity index (χ0n) is 13.6. The van der Waals surface area contributed by atoms with Crippen molar-refractivity contribution in [1.29, 1.82) is 0 Å². The number of nitrogens with zero attached hydrogens (tertiary/aromatic N) is 1. The number of hydrogen-bond acceptors (Lipinski definition) is 2. The minimum absolute atomic E-state index is 0.286. The molecule has 2 nitrogen and oxygen atoms in total. The van der Waals surface area contributed by atoms with Crippen molar-refractivity contribution in [2.24, 2.45) is 0 Å². The maximum Gasteiger partial charge on any atom is 0.0387 e. The van der Waals surface area contributed by atoms with E-state index in [-0.39, 0.29) is 5.54 Å². The number of nitrogens with one attached hydrogen (secondary N) is 1. The zero-order chi connectivity index (χ0) is 14.6. The fraction of sp³-hybridized carbons (Fsp3) is 0.667. The van der Waals surface area contributed by atoms with E-state index in [9.17, 15) is 0 Å². The summed E-state index contributed by atoms with van der Waals surface area (Å²) in [5.74, 6) is 0. The summed E-state index contributed by atoms with van der Waals surface area (Å²) in [5.41, 5.74) is 3.12. The van der Waals surface area contributed by atoms with Crippen LogP contribution in [0.25, 0.3) is 0 Å². The SMILES string of the molecule is CCCc1ccc(N2CC(CC)(CC)NCC2C)cc1. The Kier molecular flexibility index (Phi) is 5.09. The number of hydrogen-bond donors (Lipinski definition) is 1. The van der Waals surface area contributed by atoms with Crippen LogP contribution >= 0.6 is 0 Å². The third-order valence-corrected chi connectivity index (χ3v) is 4.94. The minimum Gasteiger partial charge on any atom is -0.366 e. The van der Waals surface area contributed by atoms with Gasteiger partial charge in [-0.3, -0.25) is 0 Å². The molecule has 2 heteroatoms. The molecule has 2 rings (SSSR count). The van der Waals surface area contributed by atoms with Crippen LogP contribution in [0, 0.1) is 0 Å². The molecule has 112 valence electrons. The molecule has 1 unspecified atom stereocenters. The van der Waals surface area contributed by atoms with Gasteiger partial charge in [-0.2, -0.15) is 0 Å². The molecule has 0 amide bonds. The summed E-state index contributed by atoms with van der Waals surface area (Å²) in [6.07, 6.45) is 4.80. The van der Waals surface area contributed by atoms with Crippen molar-refractivity contribution in [3.05, 3.63) is 29.8 Å². The summed E-state index contributed by atoms with van der Waals surface area (Å²) < 4.78 is 0. The van der Waals surface area contributed by atoms with Gasteiger partial charge in [0, 0.05) is 30.4 Å². The molecular weight excluding hydrogens is 244 g/mol. The van der Waals surface area contributed by atoms with Crippen molar-refractivity contribution < 1.29 is 0 Å². The van der Waals surface area contributed by atoms with Gasteiger partial charge >= 0.3 is 0 Å². The third-order valence-electron chi connectivity index (χ3n) is 4.94. The van der Waals surface area contributed by atoms with Crippen LogP contribution in [0.2, 0.25) is 0 Å². The van der Waals surface area contributed by atoms with E-state index in [0.717, 1.165) is 13.1 Å². The lowest BCUT2D eigenvalue weighted by molar-refractivity contribution is 0.254. The Labute approximate surface area is 124 Å². The zero-order valence-corrected chi connectivity index (χ0v) is 13.6. The van der Waals surface area contributed by atoms with E-state index >= 15 is 0 Å². The fourth-order valence-corrected chi connectivity index (χ4v) is 3.22. The molecule has 1 aliphatic rings. The molecule has 1 aromatic rings. The highest BCUT2D eigenvalue weighted by Crippen LogP contribution is 2.27. The van der Waals surface area contributed by atoms with Gasteiger partial charge in [0.15, 0.2) is 0 Å². The Morgan fingerprint density at radius 1 is 1.15 bits per heavy atom. The van der Waals surface area contributed by atoms with E-state index in [1.54, 1.807) is 0 Å². The maximum absolute atomic E-state index is 3.77. The Bertz CT molecular complexity index is 406. The quantitative estimate of drug-likeness (QED) is 0.873. The first-order chi connectivity index (χ1) is 9.64. The van der Waals surface area contributed by atoms with Gasteiger partial charge in [-0.25, -0.2) is 0 Å². The fourth-order valence-electron chi connectivity index (χ4n) is 3.22. The topological polar surface area (TPSA) is 15.3 Å². The first-order valence-corrected chi connectivity index (χ1v) is 8.24. The van der Waals surface area contributed by atoms with Crippen LogP contribution in [-0.4, -0.2) is 24.7 Å². The molecule has 0 bridgehead atoms. The molecular formula is C18H30N2. The molecule has 1 aromatic carbocycles. The second kappa shape index (κ2) is 6.62. The Morgan fingerprint density at radius 3 is 2.35 bits per heavy atom. The molecule has 0 radical (unpaired) electrons. The molecule has 0 saturated carbocycles.